The van der Waals surface area contributed by atoms with E-state index in [-0.39, 0.29) is 6.47 Å². The lowest BCUT2D eigenvalue weighted by molar-refractivity contribution is -0.122. The van der Waals surface area contributed by atoms with Gasteiger partial charge in [-0.2, -0.15) is 0 Å². The number of carbonyl (C=O) groups is 1. The van der Waals surface area contributed by atoms with Gasteiger partial charge >= 0.3 is 0 Å². The van der Waals surface area contributed by atoms with Crippen molar-refractivity contribution in [3.8, 4) is 0 Å². The summed E-state index contributed by atoms with van der Waals surface area (Å²) in [6, 6.07) is 6.39. The maximum atomic E-state index is 8.36. The molecule has 1 aromatic carbocycles. The van der Waals surface area contributed by atoms with Gasteiger partial charge in [-0.15, -0.1) is 0 Å². The quantitative estimate of drug-likeness (QED) is 0.343. The molecule has 0 amide bonds. The van der Waals surface area contributed by atoms with Crippen LogP contribution in [-0.4, -0.2) is 11.6 Å². The lowest BCUT2D eigenvalue weighted by Gasteiger charge is -1.91. The minimum Gasteiger partial charge on any atom is -0.483 e. The van der Waals surface area contributed by atoms with Gasteiger partial charge < -0.3 is 5.11 Å². The van der Waals surface area contributed by atoms with Crippen molar-refractivity contribution in [2.75, 3.05) is 0 Å². The van der Waals surface area contributed by atoms with Crippen molar-refractivity contribution in [3.05, 3.63) is 45.2 Å². The standard InChI is InChI=1S/C6H4N6.CH2O2/c7-11-9-5-2-1-3-6(4-5)10-12-8;2-1-3/h1-4H;1H,(H,2,3). The van der Waals surface area contributed by atoms with Gasteiger partial charge in [-0.1, -0.05) is 28.4 Å². The van der Waals surface area contributed by atoms with Crippen LogP contribution in [0.5, 0.6) is 0 Å². The molecule has 15 heavy (non-hydrogen) atoms. The Balaban J connectivity index is 0.000000583. The molecule has 0 atom stereocenters. The first-order valence-electron chi connectivity index (χ1n) is 3.56. The highest BCUT2D eigenvalue weighted by atomic mass is 16.3. The predicted molar refractivity (Wildman–Crippen MR) is 52.7 cm³/mol. The van der Waals surface area contributed by atoms with Crippen LogP contribution in [0.15, 0.2) is 34.5 Å². The molecule has 0 saturated carbocycles. The van der Waals surface area contributed by atoms with Crippen LogP contribution in [-0.2, 0) is 4.79 Å². The van der Waals surface area contributed by atoms with Crippen molar-refractivity contribution >= 4 is 17.8 Å². The largest absolute Gasteiger partial charge is 0.483 e. The second-order valence-electron chi connectivity index (χ2n) is 2.00. The topological polar surface area (TPSA) is 135 Å². The van der Waals surface area contributed by atoms with E-state index in [9.17, 15) is 0 Å². The van der Waals surface area contributed by atoms with E-state index >= 15 is 0 Å². The predicted octanol–water partition coefficient (Wildman–Crippen LogP) is 3.27. The van der Waals surface area contributed by atoms with Gasteiger partial charge in [0.15, 0.2) is 0 Å². The number of nitrogens with zero attached hydrogens (tertiary/aromatic N) is 6. The van der Waals surface area contributed by atoms with Gasteiger partial charge in [-0.3, -0.25) is 4.79 Å². The molecule has 0 spiro atoms. The minimum atomic E-state index is -0.250. The Hall–Kier alpha value is -2.69. The van der Waals surface area contributed by atoms with Crippen molar-refractivity contribution in [3.63, 3.8) is 0 Å². The molecule has 0 aromatic heterocycles. The molecule has 1 rings (SSSR count). The van der Waals surface area contributed by atoms with E-state index < -0.39 is 0 Å². The fourth-order valence-electron chi connectivity index (χ4n) is 0.721. The van der Waals surface area contributed by atoms with Gasteiger partial charge in [-0.05, 0) is 17.1 Å². The molecular weight excluding hydrogens is 200 g/mol. The Bertz CT molecular complexity index is 386. The number of rotatable bonds is 2. The zero-order valence-corrected chi connectivity index (χ0v) is 7.43. The number of hydrogen-bond acceptors (Lipinski definition) is 3. The Kier molecular flexibility index (Phi) is 6.51. The van der Waals surface area contributed by atoms with E-state index in [1.165, 1.54) is 6.07 Å². The third-order valence-electron chi connectivity index (χ3n) is 1.15. The molecule has 0 aliphatic rings. The van der Waals surface area contributed by atoms with Gasteiger partial charge in [0.25, 0.3) is 6.47 Å². The molecular formula is C7H6N6O2. The van der Waals surface area contributed by atoms with E-state index in [0.717, 1.165) is 0 Å². The lowest BCUT2D eigenvalue weighted by atomic mass is 10.3. The first-order chi connectivity index (χ1) is 7.28. The minimum absolute atomic E-state index is 0.250. The Morgan fingerprint density at radius 1 is 1.20 bits per heavy atom. The average Bonchev–Trinajstić information content (AvgIpc) is 2.20. The van der Waals surface area contributed by atoms with E-state index in [4.69, 9.17) is 21.0 Å². The van der Waals surface area contributed by atoms with Crippen LogP contribution >= 0.6 is 0 Å². The van der Waals surface area contributed by atoms with Crippen molar-refractivity contribution in [2.24, 2.45) is 10.2 Å². The fraction of sp³-hybridized carbons (Fsp3) is 0. The van der Waals surface area contributed by atoms with Gasteiger partial charge in [0.2, 0.25) is 0 Å². The highest BCUT2D eigenvalue weighted by Gasteiger charge is 1.89. The summed E-state index contributed by atoms with van der Waals surface area (Å²) in [5, 5.41) is 13.6. The molecule has 0 saturated heterocycles. The van der Waals surface area contributed by atoms with Gasteiger partial charge in [0, 0.05) is 21.2 Å². The van der Waals surface area contributed by atoms with E-state index in [1.807, 2.05) is 0 Å². The molecule has 8 heteroatoms. The molecule has 0 radical (unpaired) electrons. The summed E-state index contributed by atoms with van der Waals surface area (Å²) >= 11 is 0. The zero-order chi connectivity index (χ0) is 11.5. The molecule has 0 bridgehead atoms. The molecule has 0 fully saturated rings. The molecule has 0 heterocycles. The fourth-order valence-corrected chi connectivity index (χ4v) is 0.721. The lowest BCUT2D eigenvalue weighted by Crippen LogP contribution is -1.61. The Labute approximate surface area is 84.0 Å². The number of azide groups is 2. The van der Waals surface area contributed by atoms with E-state index in [2.05, 4.69) is 20.1 Å². The van der Waals surface area contributed by atoms with Crippen LogP contribution in [0.3, 0.4) is 0 Å². The Morgan fingerprint density at radius 2 is 1.60 bits per heavy atom. The first kappa shape index (κ1) is 12.3. The molecule has 1 aromatic rings. The van der Waals surface area contributed by atoms with Gasteiger partial charge in [-0.25, -0.2) is 0 Å². The third-order valence-corrected chi connectivity index (χ3v) is 1.15. The van der Waals surface area contributed by atoms with E-state index in [0.29, 0.717) is 11.4 Å². The molecule has 76 valence electrons. The van der Waals surface area contributed by atoms with Crippen LogP contribution in [0.25, 0.3) is 20.9 Å². The van der Waals surface area contributed by atoms with Crippen molar-refractivity contribution in [1.82, 2.24) is 0 Å². The summed E-state index contributed by atoms with van der Waals surface area (Å²) in [5.74, 6) is 0. The second-order valence-corrected chi connectivity index (χ2v) is 2.00. The van der Waals surface area contributed by atoms with Gasteiger partial charge in [0.1, 0.15) is 0 Å². The van der Waals surface area contributed by atoms with Crippen molar-refractivity contribution in [2.45, 2.75) is 0 Å². The SMILES string of the molecule is O=CO.[N-]=[N+]=Nc1cccc(N=[N+]=[N-])c1. The number of benzene rings is 1. The molecule has 8 nitrogen and oxygen atoms in total. The summed E-state index contributed by atoms with van der Waals surface area (Å²) in [5.41, 5.74) is 17.1. The third kappa shape index (κ3) is 5.53. The second kappa shape index (κ2) is 7.93. The first-order valence-corrected chi connectivity index (χ1v) is 3.56. The van der Waals surface area contributed by atoms with Crippen LogP contribution in [0.1, 0.15) is 0 Å². The maximum Gasteiger partial charge on any atom is 0.290 e. The van der Waals surface area contributed by atoms with Gasteiger partial charge in [0.05, 0.1) is 0 Å². The highest BCUT2D eigenvalue weighted by molar-refractivity contribution is 5.49. The maximum absolute atomic E-state index is 8.36. The number of carboxylic acid groups (broad SMARTS) is 1. The molecule has 1 N–H and O–H groups in total. The van der Waals surface area contributed by atoms with Crippen molar-refractivity contribution < 1.29 is 9.90 Å². The molecule has 0 aliphatic heterocycles. The van der Waals surface area contributed by atoms with Crippen LogP contribution in [0.4, 0.5) is 11.4 Å². The number of hydrogen-bond donors (Lipinski definition) is 1. The summed E-state index contributed by atoms with van der Waals surface area (Å²) in [6.45, 7) is -0.250. The average molecular weight is 206 g/mol. The Morgan fingerprint density at radius 3 is 1.93 bits per heavy atom. The summed E-state index contributed by atoms with van der Waals surface area (Å²) in [6.07, 6.45) is 0. The monoisotopic (exact) mass is 206 g/mol. The van der Waals surface area contributed by atoms with Crippen LogP contribution in [0, 0.1) is 0 Å². The smallest absolute Gasteiger partial charge is 0.290 e. The van der Waals surface area contributed by atoms with E-state index in [1.54, 1.807) is 18.2 Å². The zero-order valence-electron chi connectivity index (χ0n) is 7.43. The summed E-state index contributed by atoms with van der Waals surface area (Å²) in [7, 11) is 0. The summed E-state index contributed by atoms with van der Waals surface area (Å²) in [4.78, 5) is 13.6. The summed E-state index contributed by atoms with van der Waals surface area (Å²) < 4.78 is 0. The molecule has 0 aliphatic carbocycles. The van der Waals surface area contributed by atoms with Crippen LogP contribution in [0.2, 0.25) is 0 Å². The highest BCUT2D eigenvalue weighted by Crippen LogP contribution is 2.20. The van der Waals surface area contributed by atoms with Crippen molar-refractivity contribution in [1.29, 1.82) is 0 Å². The van der Waals surface area contributed by atoms with Crippen LogP contribution < -0.4 is 0 Å². The molecule has 0 unspecified atom stereocenters. The normalized spacial score (nSPS) is 7.20.